The molecule has 0 bridgehead atoms. The number of carbonyl (C=O) groups excluding carboxylic acids is 1. The Kier molecular flexibility index (Phi) is 3.66. The van der Waals surface area contributed by atoms with E-state index in [2.05, 4.69) is 0 Å². The Bertz CT molecular complexity index is 432. The number of aromatic hydroxyl groups is 2. The second-order valence-corrected chi connectivity index (χ2v) is 4.37. The molecular formula is C13H18O4. The van der Waals surface area contributed by atoms with Gasteiger partial charge in [0.2, 0.25) is 0 Å². The summed E-state index contributed by atoms with van der Waals surface area (Å²) in [5.41, 5.74) is 0.911. The van der Waals surface area contributed by atoms with Crippen LogP contribution in [0.25, 0.3) is 0 Å². The number of phenolic OH excluding ortho intramolecular Hbond substituents is 2. The van der Waals surface area contributed by atoms with E-state index in [4.69, 9.17) is 4.74 Å². The highest BCUT2D eigenvalue weighted by molar-refractivity contribution is 6.03. The van der Waals surface area contributed by atoms with Gasteiger partial charge in [0.1, 0.15) is 22.8 Å². The first-order valence-electron chi connectivity index (χ1n) is 5.46. The number of hydrogen-bond donors (Lipinski definition) is 2. The number of methoxy groups -OCH3 is 1. The Morgan fingerprint density at radius 1 is 1.12 bits per heavy atom. The lowest BCUT2D eigenvalue weighted by molar-refractivity contribution is 0.0933. The second kappa shape index (κ2) is 4.65. The van der Waals surface area contributed by atoms with E-state index < -0.39 is 0 Å². The summed E-state index contributed by atoms with van der Waals surface area (Å²) in [5, 5.41) is 19.9. The predicted molar refractivity (Wildman–Crippen MR) is 65.0 cm³/mol. The van der Waals surface area contributed by atoms with Crippen molar-refractivity contribution in [2.24, 2.45) is 5.92 Å². The zero-order chi connectivity index (χ0) is 13.3. The quantitative estimate of drug-likeness (QED) is 0.794. The average molecular weight is 238 g/mol. The van der Waals surface area contributed by atoms with Gasteiger partial charge in [-0.25, -0.2) is 0 Å². The first-order valence-corrected chi connectivity index (χ1v) is 5.46. The standard InChI is InChI=1S/C13H18O4/c1-6(2)10(14)9-11(15)7(3)13(17-5)8(4)12(9)16/h6,15-16H,1-5H3. The third kappa shape index (κ3) is 2.07. The molecule has 0 amide bonds. The highest BCUT2D eigenvalue weighted by Crippen LogP contribution is 2.42. The van der Waals surface area contributed by atoms with Crippen LogP contribution in [0.15, 0.2) is 0 Å². The van der Waals surface area contributed by atoms with Gasteiger partial charge in [0.15, 0.2) is 5.78 Å². The van der Waals surface area contributed by atoms with Crippen molar-refractivity contribution < 1.29 is 19.7 Å². The van der Waals surface area contributed by atoms with Gasteiger partial charge in [0, 0.05) is 17.0 Å². The monoisotopic (exact) mass is 238 g/mol. The number of hydrogen-bond acceptors (Lipinski definition) is 4. The Morgan fingerprint density at radius 3 is 1.82 bits per heavy atom. The normalized spacial score (nSPS) is 10.7. The molecule has 0 aliphatic carbocycles. The molecule has 0 heterocycles. The van der Waals surface area contributed by atoms with Crippen LogP contribution in [-0.4, -0.2) is 23.1 Å². The van der Waals surface area contributed by atoms with Crippen LogP contribution in [0.3, 0.4) is 0 Å². The van der Waals surface area contributed by atoms with Crippen LogP contribution in [-0.2, 0) is 0 Å². The molecule has 17 heavy (non-hydrogen) atoms. The summed E-state index contributed by atoms with van der Waals surface area (Å²) >= 11 is 0. The molecule has 1 aromatic rings. The fourth-order valence-corrected chi connectivity index (χ4v) is 1.81. The number of rotatable bonds is 3. The van der Waals surface area contributed by atoms with E-state index in [9.17, 15) is 15.0 Å². The van der Waals surface area contributed by atoms with E-state index >= 15 is 0 Å². The number of carbonyl (C=O) groups is 1. The molecule has 0 fully saturated rings. The summed E-state index contributed by atoms with van der Waals surface area (Å²) in [6.45, 7) is 6.74. The Morgan fingerprint density at radius 2 is 1.53 bits per heavy atom. The molecule has 2 N–H and O–H groups in total. The third-order valence-electron chi connectivity index (χ3n) is 2.84. The van der Waals surface area contributed by atoms with Crippen LogP contribution in [0.4, 0.5) is 0 Å². The minimum absolute atomic E-state index is 0.0178. The maximum atomic E-state index is 11.9. The van der Waals surface area contributed by atoms with Gasteiger partial charge in [-0.05, 0) is 13.8 Å². The van der Waals surface area contributed by atoms with Crippen molar-refractivity contribution in [3.8, 4) is 17.2 Å². The summed E-state index contributed by atoms with van der Waals surface area (Å²) in [6.07, 6.45) is 0. The Labute approximate surface area is 101 Å². The molecule has 0 spiro atoms. The number of ketones is 1. The van der Waals surface area contributed by atoms with Crippen LogP contribution >= 0.6 is 0 Å². The number of Topliss-reactive ketones (excluding diaryl/α,β-unsaturated/α-hetero) is 1. The van der Waals surface area contributed by atoms with Gasteiger partial charge >= 0.3 is 0 Å². The van der Waals surface area contributed by atoms with Crippen molar-refractivity contribution >= 4 is 5.78 Å². The fourth-order valence-electron chi connectivity index (χ4n) is 1.81. The summed E-state index contributed by atoms with van der Waals surface area (Å²) in [7, 11) is 1.46. The van der Waals surface area contributed by atoms with Crippen LogP contribution in [0.1, 0.15) is 35.3 Å². The molecule has 0 atom stereocenters. The van der Waals surface area contributed by atoms with E-state index in [0.717, 1.165) is 0 Å². The Hall–Kier alpha value is -1.71. The minimum atomic E-state index is -0.293. The highest BCUT2D eigenvalue weighted by atomic mass is 16.5. The molecule has 4 nitrogen and oxygen atoms in total. The van der Waals surface area contributed by atoms with E-state index in [1.165, 1.54) is 7.11 Å². The van der Waals surface area contributed by atoms with Crippen LogP contribution in [0.5, 0.6) is 17.2 Å². The number of benzene rings is 1. The molecule has 0 aliphatic heterocycles. The zero-order valence-electron chi connectivity index (χ0n) is 10.8. The zero-order valence-corrected chi connectivity index (χ0v) is 10.8. The maximum Gasteiger partial charge on any atom is 0.172 e. The molecule has 0 radical (unpaired) electrons. The lowest BCUT2D eigenvalue weighted by atomic mass is 9.94. The van der Waals surface area contributed by atoms with Crippen molar-refractivity contribution in [3.63, 3.8) is 0 Å². The molecular weight excluding hydrogens is 220 g/mol. The van der Waals surface area contributed by atoms with Gasteiger partial charge in [-0.2, -0.15) is 0 Å². The van der Waals surface area contributed by atoms with Gasteiger partial charge in [-0.3, -0.25) is 4.79 Å². The van der Waals surface area contributed by atoms with Crippen molar-refractivity contribution in [2.75, 3.05) is 7.11 Å². The third-order valence-corrected chi connectivity index (χ3v) is 2.84. The van der Waals surface area contributed by atoms with E-state index in [1.54, 1.807) is 27.7 Å². The molecule has 0 unspecified atom stereocenters. The van der Waals surface area contributed by atoms with Gasteiger partial charge < -0.3 is 14.9 Å². The van der Waals surface area contributed by atoms with Crippen molar-refractivity contribution in [3.05, 3.63) is 16.7 Å². The van der Waals surface area contributed by atoms with Gasteiger partial charge in [0.25, 0.3) is 0 Å². The predicted octanol–water partition coefficient (Wildman–Crippen LogP) is 2.56. The first kappa shape index (κ1) is 13.4. The van der Waals surface area contributed by atoms with Crippen molar-refractivity contribution in [2.45, 2.75) is 27.7 Å². The van der Waals surface area contributed by atoms with Gasteiger partial charge in [-0.15, -0.1) is 0 Å². The summed E-state index contributed by atoms with van der Waals surface area (Å²) in [5.74, 6) is -0.583. The fraction of sp³-hybridized carbons (Fsp3) is 0.462. The molecule has 0 aromatic heterocycles. The highest BCUT2D eigenvalue weighted by Gasteiger charge is 2.25. The van der Waals surface area contributed by atoms with E-state index in [1.807, 2.05) is 0 Å². The largest absolute Gasteiger partial charge is 0.507 e. The van der Waals surface area contributed by atoms with Gasteiger partial charge in [-0.1, -0.05) is 13.8 Å². The maximum absolute atomic E-state index is 11.9. The van der Waals surface area contributed by atoms with Crippen LogP contribution < -0.4 is 4.74 Å². The number of ether oxygens (including phenoxy) is 1. The molecule has 0 saturated heterocycles. The van der Waals surface area contributed by atoms with E-state index in [0.29, 0.717) is 16.9 Å². The molecule has 0 saturated carbocycles. The smallest absolute Gasteiger partial charge is 0.172 e. The molecule has 4 heteroatoms. The van der Waals surface area contributed by atoms with Crippen molar-refractivity contribution in [1.82, 2.24) is 0 Å². The van der Waals surface area contributed by atoms with Crippen molar-refractivity contribution in [1.29, 1.82) is 0 Å². The topological polar surface area (TPSA) is 66.8 Å². The summed E-state index contributed by atoms with van der Waals surface area (Å²) in [6, 6.07) is 0. The molecule has 0 aliphatic rings. The summed E-state index contributed by atoms with van der Waals surface area (Å²) < 4.78 is 5.10. The summed E-state index contributed by atoms with van der Waals surface area (Å²) in [4.78, 5) is 11.9. The Balaban J connectivity index is 3.59. The average Bonchev–Trinajstić information content (AvgIpc) is 2.27. The molecule has 94 valence electrons. The SMILES string of the molecule is COc1c(C)c(O)c(C(=O)C(C)C)c(O)c1C. The lowest BCUT2D eigenvalue weighted by Gasteiger charge is -2.17. The second-order valence-electron chi connectivity index (χ2n) is 4.37. The number of phenols is 2. The molecule has 1 rings (SSSR count). The molecule has 1 aromatic carbocycles. The first-order chi connectivity index (χ1) is 7.82. The minimum Gasteiger partial charge on any atom is -0.507 e. The van der Waals surface area contributed by atoms with Crippen LogP contribution in [0, 0.1) is 19.8 Å². The van der Waals surface area contributed by atoms with E-state index in [-0.39, 0.29) is 28.8 Å². The lowest BCUT2D eigenvalue weighted by Crippen LogP contribution is -2.10. The van der Waals surface area contributed by atoms with Crippen LogP contribution in [0.2, 0.25) is 0 Å². The van der Waals surface area contributed by atoms with Gasteiger partial charge in [0.05, 0.1) is 7.11 Å².